The fourth-order valence-corrected chi connectivity index (χ4v) is 2.16. The van der Waals surface area contributed by atoms with Gasteiger partial charge in [0.15, 0.2) is 12.4 Å². The van der Waals surface area contributed by atoms with E-state index in [0.29, 0.717) is 11.4 Å². The molecule has 0 radical (unpaired) electrons. The Hall–Kier alpha value is -3.62. The molecule has 0 saturated carbocycles. The summed E-state index contributed by atoms with van der Waals surface area (Å²) in [6.45, 7) is 1.35. The number of hydrogen-bond donors (Lipinski definition) is 2. The van der Waals surface area contributed by atoms with Crippen molar-refractivity contribution in [2.45, 2.75) is 6.92 Å². The average molecular weight is 360 g/mol. The molecule has 2 N–H and O–H groups in total. The number of aromatic carboxylic acids is 1. The van der Waals surface area contributed by atoms with E-state index in [1.807, 2.05) is 13.0 Å². The van der Waals surface area contributed by atoms with Gasteiger partial charge in [-0.3, -0.25) is 14.9 Å². The van der Waals surface area contributed by atoms with Gasteiger partial charge in [0.2, 0.25) is 0 Å². The number of carboxylic acid groups (broad SMARTS) is 1. The number of aryl methyl sites for hydroxylation is 1. The minimum Gasteiger partial charge on any atom is -0.495 e. The molecule has 0 spiro atoms. The second kappa shape index (κ2) is 7.97. The molecule has 0 bridgehead atoms. The fourth-order valence-electron chi connectivity index (χ4n) is 2.16. The van der Waals surface area contributed by atoms with Gasteiger partial charge in [0, 0.05) is 6.07 Å². The topological polar surface area (TPSA) is 128 Å². The Kier molecular flexibility index (Phi) is 5.74. The molecule has 0 unspecified atom stereocenters. The van der Waals surface area contributed by atoms with Gasteiger partial charge in [-0.05, 0) is 36.8 Å². The Labute approximate surface area is 148 Å². The zero-order chi connectivity index (χ0) is 19.3. The van der Waals surface area contributed by atoms with Gasteiger partial charge in [-0.2, -0.15) is 0 Å². The van der Waals surface area contributed by atoms with Crippen LogP contribution < -0.4 is 14.8 Å². The van der Waals surface area contributed by atoms with Crippen LogP contribution in [0.5, 0.6) is 11.5 Å². The van der Waals surface area contributed by atoms with Crippen molar-refractivity contribution in [2.75, 3.05) is 19.0 Å². The predicted molar refractivity (Wildman–Crippen MR) is 91.9 cm³/mol. The van der Waals surface area contributed by atoms with Crippen LogP contribution in [-0.4, -0.2) is 35.6 Å². The first-order valence-corrected chi connectivity index (χ1v) is 7.41. The second-order valence-electron chi connectivity index (χ2n) is 5.29. The Morgan fingerprint density at radius 1 is 1.19 bits per heavy atom. The maximum Gasteiger partial charge on any atom is 0.335 e. The summed E-state index contributed by atoms with van der Waals surface area (Å²) in [4.78, 5) is 33.3. The van der Waals surface area contributed by atoms with E-state index in [1.54, 1.807) is 12.1 Å². The number of nitrogens with zero attached hydrogens (tertiary/aromatic N) is 1. The minimum absolute atomic E-state index is 0.202. The largest absolute Gasteiger partial charge is 0.495 e. The molecule has 0 heterocycles. The summed E-state index contributed by atoms with van der Waals surface area (Å²) in [7, 11) is 1.46. The van der Waals surface area contributed by atoms with Crippen LogP contribution in [-0.2, 0) is 4.79 Å². The monoisotopic (exact) mass is 360 g/mol. The molecular formula is C17H16N2O7. The Morgan fingerprint density at radius 2 is 1.88 bits per heavy atom. The third-order valence-electron chi connectivity index (χ3n) is 3.39. The van der Waals surface area contributed by atoms with Gasteiger partial charge in [0.05, 0.1) is 23.3 Å². The lowest BCUT2D eigenvalue weighted by atomic mass is 10.2. The highest BCUT2D eigenvalue weighted by Gasteiger charge is 2.19. The fraction of sp³-hybridized carbons (Fsp3) is 0.176. The number of benzene rings is 2. The lowest BCUT2D eigenvalue weighted by Crippen LogP contribution is -2.21. The van der Waals surface area contributed by atoms with Crippen LogP contribution in [0.3, 0.4) is 0 Å². The van der Waals surface area contributed by atoms with Gasteiger partial charge in [-0.1, -0.05) is 6.07 Å². The van der Waals surface area contributed by atoms with Crippen molar-refractivity contribution in [2.24, 2.45) is 0 Å². The number of carbonyl (C=O) groups excluding carboxylic acids is 1. The van der Waals surface area contributed by atoms with Crippen LogP contribution in [0.25, 0.3) is 0 Å². The first-order chi connectivity index (χ1) is 12.3. The molecule has 136 valence electrons. The molecule has 2 rings (SSSR count). The Morgan fingerprint density at radius 3 is 2.50 bits per heavy atom. The maximum atomic E-state index is 12.1. The lowest BCUT2D eigenvalue weighted by Gasteiger charge is -2.12. The second-order valence-corrected chi connectivity index (χ2v) is 5.29. The van der Waals surface area contributed by atoms with Crippen molar-refractivity contribution < 1.29 is 29.1 Å². The molecule has 2 aromatic carbocycles. The number of ether oxygens (including phenoxy) is 2. The summed E-state index contributed by atoms with van der Waals surface area (Å²) >= 11 is 0. The molecule has 9 heteroatoms. The summed E-state index contributed by atoms with van der Waals surface area (Å²) in [5.41, 5.74) is 0.558. The number of anilines is 1. The van der Waals surface area contributed by atoms with E-state index in [-0.39, 0.29) is 11.3 Å². The first-order valence-electron chi connectivity index (χ1n) is 7.41. The van der Waals surface area contributed by atoms with Gasteiger partial charge in [-0.25, -0.2) is 4.79 Å². The molecule has 0 aromatic heterocycles. The summed E-state index contributed by atoms with van der Waals surface area (Å²) in [6.07, 6.45) is 0. The molecule has 1 amide bonds. The molecule has 0 aliphatic rings. The highest BCUT2D eigenvalue weighted by Crippen LogP contribution is 2.28. The predicted octanol–water partition coefficient (Wildman–Crippen LogP) is 2.63. The lowest BCUT2D eigenvalue weighted by molar-refractivity contribution is -0.385. The number of amides is 1. The molecule has 0 saturated heterocycles. The molecule has 0 fully saturated rings. The SMILES string of the molecule is COc1ccc(C)cc1NC(=O)COc1ccc(C(=O)O)cc1[N+](=O)[O-]. The van der Waals surface area contributed by atoms with Crippen molar-refractivity contribution in [3.05, 3.63) is 57.6 Å². The number of carbonyl (C=O) groups is 2. The van der Waals surface area contributed by atoms with E-state index >= 15 is 0 Å². The quantitative estimate of drug-likeness (QED) is 0.574. The smallest absolute Gasteiger partial charge is 0.335 e. The third kappa shape index (κ3) is 4.47. The maximum absolute atomic E-state index is 12.1. The van der Waals surface area contributed by atoms with Crippen molar-refractivity contribution in [1.29, 1.82) is 0 Å². The number of nitro groups is 1. The van der Waals surface area contributed by atoms with Crippen LogP contribution >= 0.6 is 0 Å². The van der Waals surface area contributed by atoms with Crippen LogP contribution in [0.15, 0.2) is 36.4 Å². The van der Waals surface area contributed by atoms with Crippen LogP contribution in [0.4, 0.5) is 11.4 Å². The number of carboxylic acids is 1. The summed E-state index contributed by atoms with van der Waals surface area (Å²) < 4.78 is 10.3. The van der Waals surface area contributed by atoms with Crippen molar-refractivity contribution in [3.63, 3.8) is 0 Å². The minimum atomic E-state index is -1.30. The van der Waals surface area contributed by atoms with Gasteiger partial charge < -0.3 is 19.9 Å². The molecule has 0 atom stereocenters. The summed E-state index contributed by atoms with van der Waals surface area (Å²) in [5, 5.41) is 22.6. The standard InChI is InChI=1S/C17H16N2O7/c1-10-3-5-14(25-2)12(7-10)18-16(20)9-26-15-6-4-11(17(21)22)8-13(15)19(23)24/h3-8H,9H2,1-2H3,(H,18,20)(H,21,22). The van der Waals surface area contributed by atoms with E-state index in [4.69, 9.17) is 14.6 Å². The van der Waals surface area contributed by atoms with E-state index in [2.05, 4.69) is 5.32 Å². The number of nitro benzene ring substituents is 1. The molecule has 9 nitrogen and oxygen atoms in total. The van der Waals surface area contributed by atoms with E-state index in [0.717, 1.165) is 23.8 Å². The van der Waals surface area contributed by atoms with Gasteiger partial charge >= 0.3 is 11.7 Å². The van der Waals surface area contributed by atoms with E-state index < -0.39 is 29.1 Å². The van der Waals surface area contributed by atoms with Crippen molar-refractivity contribution in [1.82, 2.24) is 0 Å². The van der Waals surface area contributed by atoms with Crippen LogP contribution in [0, 0.1) is 17.0 Å². The number of methoxy groups -OCH3 is 1. The highest BCUT2D eigenvalue weighted by atomic mass is 16.6. The Balaban J connectivity index is 2.11. The van der Waals surface area contributed by atoms with E-state index in [9.17, 15) is 19.7 Å². The van der Waals surface area contributed by atoms with Crippen LogP contribution in [0.1, 0.15) is 15.9 Å². The number of nitrogens with one attached hydrogen (secondary N) is 1. The van der Waals surface area contributed by atoms with Crippen molar-refractivity contribution in [3.8, 4) is 11.5 Å². The van der Waals surface area contributed by atoms with Crippen molar-refractivity contribution >= 4 is 23.3 Å². The first kappa shape index (κ1) is 18.7. The molecule has 0 aliphatic carbocycles. The Bertz CT molecular complexity index is 864. The zero-order valence-corrected chi connectivity index (χ0v) is 14.0. The van der Waals surface area contributed by atoms with Crippen LogP contribution in [0.2, 0.25) is 0 Å². The molecular weight excluding hydrogens is 344 g/mol. The summed E-state index contributed by atoms with van der Waals surface area (Å²) in [5.74, 6) is -1.60. The highest BCUT2D eigenvalue weighted by molar-refractivity contribution is 5.93. The summed E-state index contributed by atoms with van der Waals surface area (Å²) in [6, 6.07) is 8.40. The van der Waals surface area contributed by atoms with Gasteiger partial charge in [-0.15, -0.1) is 0 Å². The molecule has 26 heavy (non-hydrogen) atoms. The van der Waals surface area contributed by atoms with E-state index in [1.165, 1.54) is 7.11 Å². The third-order valence-corrected chi connectivity index (χ3v) is 3.39. The van der Waals surface area contributed by atoms with Gasteiger partial charge in [0.25, 0.3) is 5.91 Å². The van der Waals surface area contributed by atoms with Gasteiger partial charge in [0.1, 0.15) is 5.75 Å². The average Bonchev–Trinajstić information content (AvgIpc) is 2.59. The number of rotatable bonds is 7. The number of hydrogen-bond acceptors (Lipinski definition) is 6. The molecule has 0 aliphatic heterocycles. The molecule has 2 aromatic rings. The zero-order valence-electron chi connectivity index (χ0n) is 14.0. The normalized spacial score (nSPS) is 10.1.